The number of aromatic nitrogens is 1. The summed E-state index contributed by atoms with van der Waals surface area (Å²) in [7, 11) is 0. The highest BCUT2D eigenvalue weighted by Gasteiger charge is 2.13. The van der Waals surface area contributed by atoms with E-state index in [-0.39, 0.29) is 16.4 Å². The van der Waals surface area contributed by atoms with Crippen LogP contribution in [0.2, 0.25) is 10.3 Å². The first-order chi connectivity index (χ1) is 7.52. The zero-order chi connectivity index (χ0) is 12.1. The quantitative estimate of drug-likeness (QED) is 0.613. The van der Waals surface area contributed by atoms with Crippen LogP contribution < -0.4 is 0 Å². The molecule has 1 atom stereocenters. The average molecular weight is 262 g/mol. The van der Waals surface area contributed by atoms with Gasteiger partial charge in [-0.25, -0.2) is 9.78 Å². The lowest BCUT2D eigenvalue weighted by Gasteiger charge is -2.12. The topological polar surface area (TPSA) is 39.2 Å². The van der Waals surface area contributed by atoms with Gasteiger partial charge in [-0.1, -0.05) is 36.5 Å². The Kier molecular flexibility index (Phi) is 5.03. The molecule has 1 unspecified atom stereocenters. The zero-order valence-corrected chi connectivity index (χ0v) is 10.7. The van der Waals surface area contributed by atoms with Crippen LogP contribution in [0, 0.1) is 0 Å². The molecular weight excluding hydrogens is 249 g/mol. The Morgan fingerprint density at radius 2 is 2.00 bits per heavy atom. The summed E-state index contributed by atoms with van der Waals surface area (Å²) in [6.07, 6.45) is 1.69. The minimum absolute atomic E-state index is 0.108. The number of hydrogen-bond acceptors (Lipinski definition) is 3. The van der Waals surface area contributed by atoms with E-state index in [1.165, 1.54) is 12.1 Å². The maximum absolute atomic E-state index is 11.7. The minimum atomic E-state index is -0.424. The molecule has 1 heterocycles. The molecular formula is C11H13Cl2NO2. The van der Waals surface area contributed by atoms with Crippen molar-refractivity contribution in [3.63, 3.8) is 0 Å². The van der Waals surface area contributed by atoms with E-state index in [0.717, 1.165) is 12.8 Å². The van der Waals surface area contributed by atoms with Gasteiger partial charge in [0.1, 0.15) is 10.3 Å². The Balaban J connectivity index is 2.72. The lowest BCUT2D eigenvalue weighted by Crippen LogP contribution is -2.14. The van der Waals surface area contributed by atoms with Gasteiger partial charge in [-0.3, -0.25) is 0 Å². The van der Waals surface area contributed by atoms with Crippen LogP contribution in [0.3, 0.4) is 0 Å². The summed E-state index contributed by atoms with van der Waals surface area (Å²) in [5, 5.41) is 0.366. The molecule has 5 heteroatoms. The predicted octanol–water partition coefficient (Wildman–Crippen LogP) is 3.73. The Bertz CT molecular complexity index is 362. The maximum Gasteiger partial charge on any atom is 0.338 e. The monoisotopic (exact) mass is 261 g/mol. The van der Waals surface area contributed by atoms with Crippen LogP contribution >= 0.6 is 23.2 Å². The first kappa shape index (κ1) is 13.3. The molecule has 1 aromatic rings. The third-order valence-electron chi connectivity index (χ3n) is 2.00. The van der Waals surface area contributed by atoms with Crippen molar-refractivity contribution in [1.29, 1.82) is 0 Å². The highest BCUT2D eigenvalue weighted by atomic mass is 35.5. The molecule has 16 heavy (non-hydrogen) atoms. The van der Waals surface area contributed by atoms with Gasteiger partial charge in [-0.15, -0.1) is 0 Å². The molecule has 88 valence electrons. The lowest BCUT2D eigenvalue weighted by atomic mass is 10.2. The largest absolute Gasteiger partial charge is 0.459 e. The van der Waals surface area contributed by atoms with E-state index in [0.29, 0.717) is 5.56 Å². The van der Waals surface area contributed by atoms with Crippen LogP contribution in [0.4, 0.5) is 0 Å². The molecule has 0 saturated carbocycles. The van der Waals surface area contributed by atoms with E-state index in [4.69, 9.17) is 27.9 Å². The molecule has 0 amide bonds. The van der Waals surface area contributed by atoms with Gasteiger partial charge in [-0.2, -0.15) is 0 Å². The Morgan fingerprint density at radius 1 is 1.44 bits per heavy atom. The second-order valence-corrected chi connectivity index (χ2v) is 4.28. The normalized spacial score (nSPS) is 12.2. The van der Waals surface area contributed by atoms with Crippen molar-refractivity contribution in [3.05, 3.63) is 28.0 Å². The standard InChI is InChI=1S/C11H13Cl2NO2/c1-3-4-7(2)16-11(15)8-5-9(12)14-10(13)6-8/h5-7H,3-4H2,1-2H3. The summed E-state index contributed by atoms with van der Waals surface area (Å²) in [5.41, 5.74) is 0.327. The van der Waals surface area contributed by atoms with Gasteiger partial charge in [0, 0.05) is 0 Å². The SMILES string of the molecule is CCCC(C)OC(=O)c1cc(Cl)nc(Cl)c1. The Labute approximate surface area is 105 Å². The highest BCUT2D eigenvalue weighted by molar-refractivity contribution is 6.32. The summed E-state index contributed by atoms with van der Waals surface area (Å²) in [5.74, 6) is -0.424. The lowest BCUT2D eigenvalue weighted by molar-refractivity contribution is 0.0323. The molecule has 0 aliphatic carbocycles. The Morgan fingerprint density at radius 3 is 2.50 bits per heavy atom. The summed E-state index contributed by atoms with van der Waals surface area (Å²) in [6, 6.07) is 2.88. The molecule has 0 aliphatic rings. The molecule has 0 N–H and O–H groups in total. The van der Waals surface area contributed by atoms with Crippen LogP contribution in [0.15, 0.2) is 12.1 Å². The van der Waals surface area contributed by atoms with E-state index < -0.39 is 5.97 Å². The van der Waals surface area contributed by atoms with Gasteiger partial charge in [0.05, 0.1) is 11.7 Å². The second kappa shape index (κ2) is 6.06. The summed E-state index contributed by atoms with van der Waals surface area (Å²) in [6.45, 7) is 3.89. The van der Waals surface area contributed by atoms with Crippen LogP contribution in [0.1, 0.15) is 37.0 Å². The van der Waals surface area contributed by atoms with E-state index in [1.54, 1.807) is 0 Å². The van der Waals surface area contributed by atoms with Crippen molar-refractivity contribution in [3.8, 4) is 0 Å². The van der Waals surface area contributed by atoms with E-state index in [9.17, 15) is 4.79 Å². The Hall–Kier alpha value is -0.800. The van der Waals surface area contributed by atoms with Crippen molar-refractivity contribution in [2.24, 2.45) is 0 Å². The van der Waals surface area contributed by atoms with E-state index in [2.05, 4.69) is 4.98 Å². The fourth-order valence-electron chi connectivity index (χ4n) is 1.30. The number of carbonyl (C=O) groups is 1. The smallest absolute Gasteiger partial charge is 0.338 e. The molecule has 0 fully saturated rings. The zero-order valence-electron chi connectivity index (χ0n) is 9.17. The summed E-state index contributed by atoms with van der Waals surface area (Å²) < 4.78 is 5.20. The summed E-state index contributed by atoms with van der Waals surface area (Å²) >= 11 is 11.4. The third kappa shape index (κ3) is 3.99. The molecule has 0 radical (unpaired) electrons. The number of hydrogen-bond donors (Lipinski definition) is 0. The number of nitrogens with zero attached hydrogens (tertiary/aromatic N) is 1. The van der Waals surface area contributed by atoms with Crippen LogP contribution in [-0.4, -0.2) is 17.1 Å². The van der Waals surface area contributed by atoms with Crippen LogP contribution in [0.5, 0.6) is 0 Å². The van der Waals surface area contributed by atoms with Gasteiger partial charge >= 0.3 is 5.97 Å². The van der Waals surface area contributed by atoms with Gasteiger partial charge in [-0.05, 0) is 25.5 Å². The van der Waals surface area contributed by atoms with E-state index >= 15 is 0 Å². The van der Waals surface area contributed by atoms with Gasteiger partial charge in [0.2, 0.25) is 0 Å². The number of rotatable bonds is 4. The predicted molar refractivity (Wildman–Crippen MR) is 64.0 cm³/mol. The molecule has 0 aliphatic heterocycles. The van der Waals surface area contributed by atoms with Crippen molar-refractivity contribution in [2.75, 3.05) is 0 Å². The first-order valence-corrected chi connectivity index (χ1v) is 5.82. The summed E-state index contributed by atoms with van der Waals surface area (Å²) in [4.78, 5) is 15.4. The fraction of sp³-hybridized carbons (Fsp3) is 0.455. The number of esters is 1. The number of ether oxygens (including phenoxy) is 1. The fourth-order valence-corrected chi connectivity index (χ4v) is 1.76. The molecule has 1 rings (SSSR count). The first-order valence-electron chi connectivity index (χ1n) is 5.07. The molecule has 1 aromatic heterocycles. The molecule has 0 aromatic carbocycles. The number of pyridine rings is 1. The van der Waals surface area contributed by atoms with Gasteiger partial charge < -0.3 is 4.74 Å². The van der Waals surface area contributed by atoms with Crippen molar-refractivity contribution >= 4 is 29.2 Å². The number of carbonyl (C=O) groups excluding carboxylic acids is 1. The van der Waals surface area contributed by atoms with Crippen molar-refractivity contribution in [2.45, 2.75) is 32.8 Å². The molecule has 3 nitrogen and oxygen atoms in total. The van der Waals surface area contributed by atoms with Crippen molar-refractivity contribution in [1.82, 2.24) is 4.98 Å². The maximum atomic E-state index is 11.7. The van der Waals surface area contributed by atoms with Gasteiger partial charge in [0.15, 0.2) is 0 Å². The molecule has 0 saturated heterocycles. The highest BCUT2D eigenvalue weighted by Crippen LogP contribution is 2.16. The van der Waals surface area contributed by atoms with Crippen LogP contribution in [-0.2, 0) is 4.74 Å². The number of halogens is 2. The van der Waals surface area contributed by atoms with Gasteiger partial charge in [0.25, 0.3) is 0 Å². The third-order valence-corrected chi connectivity index (χ3v) is 2.39. The van der Waals surface area contributed by atoms with Crippen molar-refractivity contribution < 1.29 is 9.53 Å². The second-order valence-electron chi connectivity index (χ2n) is 3.51. The van der Waals surface area contributed by atoms with Crippen LogP contribution in [0.25, 0.3) is 0 Å². The average Bonchev–Trinajstić information content (AvgIpc) is 2.16. The molecule has 0 bridgehead atoms. The van der Waals surface area contributed by atoms with E-state index in [1.807, 2.05) is 13.8 Å². The minimum Gasteiger partial charge on any atom is -0.459 e. The molecule has 0 spiro atoms.